The van der Waals surface area contributed by atoms with E-state index in [-0.39, 0.29) is 28.7 Å². The molecule has 100 valence electrons. The van der Waals surface area contributed by atoms with Crippen molar-refractivity contribution in [3.8, 4) is 0 Å². The summed E-state index contributed by atoms with van der Waals surface area (Å²) in [6.45, 7) is 9.73. The lowest BCUT2D eigenvalue weighted by Gasteiger charge is -2.17. The Morgan fingerprint density at radius 1 is 1.17 bits per heavy atom. The molecule has 0 heterocycles. The van der Waals surface area contributed by atoms with E-state index in [1.54, 1.807) is 12.1 Å². The molecule has 0 aromatic heterocycles. The zero-order chi connectivity index (χ0) is 13.9. The Bertz CT molecular complexity index is 427. The normalized spacial score (nSPS) is 13.1. The summed E-state index contributed by atoms with van der Waals surface area (Å²) >= 11 is 0. The number of nitro groups is 1. The van der Waals surface area contributed by atoms with Crippen molar-refractivity contribution in [1.29, 1.82) is 0 Å². The van der Waals surface area contributed by atoms with E-state index in [0.29, 0.717) is 5.56 Å². The summed E-state index contributed by atoms with van der Waals surface area (Å²) in [5.41, 5.74) is 1.76. The highest BCUT2D eigenvalue weighted by Gasteiger charge is 2.21. The van der Waals surface area contributed by atoms with Gasteiger partial charge in [0.1, 0.15) is 0 Å². The van der Waals surface area contributed by atoms with Gasteiger partial charge in [-0.15, -0.1) is 0 Å². The summed E-state index contributed by atoms with van der Waals surface area (Å²) < 4.78 is 5.62. The molecule has 0 bridgehead atoms. The SMILES string of the molecule is CC(C)OC(C)c1ccc(C(C)C)cc1[N+](=O)[O-]. The number of hydrogen-bond acceptors (Lipinski definition) is 3. The smallest absolute Gasteiger partial charge is 0.275 e. The van der Waals surface area contributed by atoms with E-state index in [9.17, 15) is 10.1 Å². The first-order valence-electron chi connectivity index (χ1n) is 6.26. The van der Waals surface area contributed by atoms with Crippen LogP contribution in [0.3, 0.4) is 0 Å². The van der Waals surface area contributed by atoms with Crippen LogP contribution in [0.5, 0.6) is 0 Å². The van der Waals surface area contributed by atoms with Gasteiger partial charge < -0.3 is 4.74 Å². The van der Waals surface area contributed by atoms with Crippen LogP contribution in [0.1, 0.15) is 57.8 Å². The zero-order valence-electron chi connectivity index (χ0n) is 11.6. The molecule has 1 aromatic rings. The van der Waals surface area contributed by atoms with Gasteiger partial charge in [0.2, 0.25) is 0 Å². The minimum Gasteiger partial charge on any atom is -0.371 e. The lowest BCUT2D eigenvalue weighted by atomic mass is 9.98. The first kappa shape index (κ1) is 14.6. The molecule has 1 aromatic carbocycles. The molecule has 0 saturated carbocycles. The summed E-state index contributed by atoms with van der Waals surface area (Å²) in [6, 6.07) is 5.40. The molecule has 0 spiro atoms. The first-order valence-corrected chi connectivity index (χ1v) is 6.26. The maximum Gasteiger partial charge on any atom is 0.275 e. The predicted octanol–water partition coefficient (Wildman–Crippen LogP) is 4.20. The van der Waals surface area contributed by atoms with Gasteiger partial charge in [-0.05, 0) is 38.3 Å². The molecular weight excluding hydrogens is 230 g/mol. The summed E-state index contributed by atoms with van der Waals surface area (Å²) in [6.07, 6.45) is -0.226. The lowest BCUT2D eigenvalue weighted by molar-refractivity contribution is -0.386. The van der Waals surface area contributed by atoms with Crippen molar-refractivity contribution in [3.63, 3.8) is 0 Å². The molecule has 0 amide bonds. The first-order chi connectivity index (χ1) is 8.32. The van der Waals surface area contributed by atoms with Crippen LogP contribution in [-0.2, 0) is 4.74 Å². The van der Waals surface area contributed by atoms with Crippen LogP contribution < -0.4 is 0 Å². The summed E-state index contributed by atoms with van der Waals surface area (Å²) in [7, 11) is 0. The van der Waals surface area contributed by atoms with Gasteiger partial charge in [-0.3, -0.25) is 10.1 Å². The van der Waals surface area contributed by atoms with Gasteiger partial charge >= 0.3 is 0 Å². The van der Waals surface area contributed by atoms with Crippen molar-refractivity contribution >= 4 is 5.69 Å². The van der Waals surface area contributed by atoms with Crippen LogP contribution >= 0.6 is 0 Å². The van der Waals surface area contributed by atoms with Crippen LogP contribution in [0.4, 0.5) is 5.69 Å². The third-order valence-corrected chi connectivity index (χ3v) is 2.83. The second kappa shape index (κ2) is 5.96. The molecular formula is C14H21NO3. The van der Waals surface area contributed by atoms with E-state index in [1.165, 1.54) is 0 Å². The highest BCUT2D eigenvalue weighted by molar-refractivity contribution is 5.45. The van der Waals surface area contributed by atoms with Gasteiger partial charge in [0, 0.05) is 6.07 Å². The minimum atomic E-state index is -0.332. The number of hydrogen-bond donors (Lipinski definition) is 0. The Labute approximate surface area is 108 Å². The summed E-state index contributed by atoms with van der Waals surface area (Å²) in [5.74, 6) is 0.277. The number of nitro benzene ring substituents is 1. The lowest BCUT2D eigenvalue weighted by Crippen LogP contribution is -2.09. The highest BCUT2D eigenvalue weighted by atomic mass is 16.6. The molecule has 0 radical (unpaired) electrons. The summed E-state index contributed by atoms with van der Waals surface area (Å²) in [5, 5.41) is 11.1. The fourth-order valence-electron chi connectivity index (χ4n) is 1.90. The standard InChI is InChI=1S/C14H21NO3/c1-9(2)12-6-7-13(11(5)18-10(3)4)14(8-12)15(16)17/h6-11H,1-5H3. The van der Waals surface area contributed by atoms with Crippen LogP contribution in [0.25, 0.3) is 0 Å². The average Bonchev–Trinajstić information content (AvgIpc) is 2.26. The fraction of sp³-hybridized carbons (Fsp3) is 0.571. The zero-order valence-corrected chi connectivity index (χ0v) is 11.6. The average molecular weight is 251 g/mol. The molecule has 0 aliphatic rings. The number of benzene rings is 1. The molecule has 0 aliphatic carbocycles. The minimum absolute atomic E-state index is 0.0457. The van der Waals surface area contributed by atoms with Crippen molar-refractivity contribution in [1.82, 2.24) is 0 Å². The van der Waals surface area contributed by atoms with Crippen LogP contribution in [-0.4, -0.2) is 11.0 Å². The maximum absolute atomic E-state index is 11.1. The molecule has 1 unspecified atom stereocenters. The topological polar surface area (TPSA) is 52.4 Å². The Kier molecular flexibility index (Phi) is 4.84. The second-order valence-electron chi connectivity index (χ2n) is 5.06. The van der Waals surface area contributed by atoms with Gasteiger partial charge in [-0.2, -0.15) is 0 Å². The largest absolute Gasteiger partial charge is 0.371 e. The number of ether oxygens (including phenoxy) is 1. The molecule has 0 aliphatic heterocycles. The van der Waals surface area contributed by atoms with Crippen LogP contribution in [0.2, 0.25) is 0 Å². The Balaban J connectivity index is 3.15. The molecule has 18 heavy (non-hydrogen) atoms. The van der Waals surface area contributed by atoms with Gasteiger partial charge in [-0.1, -0.05) is 19.9 Å². The Hall–Kier alpha value is -1.42. The quantitative estimate of drug-likeness (QED) is 0.582. The van der Waals surface area contributed by atoms with Crippen LogP contribution in [0, 0.1) is 10.1 Å². The molecule has 4 nitrogen and oxygen atoms in total. The van der Waals surface area contributed by atoms with Crippen LogP contribution in [0.15, 0.2) is 18.2 Å². The van der Waals surface area contributed by atoms with Crippen molar-refractivity contribution in [2.75, 3.05) is 0 Å². The Morgan fingerprint density at radius 2 is 1.78 bits per heavy atom. The number of rotatable bonds is 5. The maximum atomic E-state index is 11.1. The van der Waals surface area contributed by atoms with Crippen molar-refractivity contribution in [2.24, 2.45) is 0 Å². The van der Waals surface area contributed by atoms with E-state index in [2.05, 4.69) is 0 Å². The molecule has 4 heteroatoms. The van der Waals surface area contributed by atoms with E-state index in [4.69, 9.17) is 4.74 Å². The Morgan fingerprint density at radius 3 is 2.22 bits per heavy atom. The van der Waals surface area contributed by atoms with E-state index in [0.717, 1.165) is 5.56 Å². The predicted molar refractivity (Wildman–Crippen MR) is 71.8 cm³/mol. The van der Waals surface area contributed by atoms with Gasteiger partial charge in [0.15, 0.2) is 0 Å². The third kappa shape index (κ3) is 3.53. The van der Waals surface area contributed by atoms with E-state index < -0.39 is 0 Å². The fourth-order valence-corrected chi connectivity index (χ4v) is 1.90. The molecule has 0 saturated heterocycles. The molecule has 1 rings (SSSR count). The van der Waals surface area contributed by atoms with E-state index in [1.807, 2.05) is 40.7 Å². The molecule has 0 N–H and O–H groups in total. The third-order valence-electron chi connectivity index (χ3n) is 2.83. The van der Waals surface area contributed by atoms with Gasteiger partial charge in [0.05, 0.1) is 22.7 Å². The monoisotopic (exact) mass is 251 g/mol. The van der Waals surface area contributed by atoms with E-state index >= 15 is 0 Å². The van der Waals surface area contributed by atoms with Crippen molar-refractivity contribution in [2.45, 2.75) is 52.7 Å². The van der Waals surface area contributed by atoms with Gasteiger partial charge in [-0.25, -0.2) is 0 Å². The van der Waals surface area contributed by atoms with Crippen molar-refractivity contribution < 1.29 is 9.66 Å². The molecule has 1 atom stereocenters. The summed E-state index contributed by atoms with van der Waals surface area (Å²) in [4.78, 5) is 10.8. The van der Waals surface area contributed by atoms with Crippen molar-refractivity contribution in [3.05, 3.63) is 39.4 Å². The molecule has 0 fully saturated rings. The van der Waals surface area contributed by atoms with Gasteiger partial charge in [0.25, 0.3) is 5.69 Å². The second-order valence-corrected chi connectivity index (χ2v) is 5.06. The highest BCUT2D eigenvalue weighted by Crippen LogP contribution is 2.31. The number of nitrogens with zero attached hydrogens (tertiary/aromatic N) is 1.